The summed E-state index contributed by atoms with van der Waals surface area (Å²) in [7, 11) is 1.95. The second-order valence-corrected chi connectivity index (χ2v) is 5.21. The lowest BCUT2D eigenvalue weighted by Crippen LogP contribution is -2.21. The Labute approximate surface area is 129 Å². The third-order valence-corrected chi connectivity index (χ3v) is 3.71. The summed E-state index contributed by atoms with van der Waals surface area (Å²) in [6.45, 7) is 0. The maximum absolute atomic E-state index is 5.97. The molecule has 0 aliphatic heterocycles. The molecule has 0 spiro atoms. The van der Waals surface area contributed by atoms with Crippen LogP contribution in [-0.2, 0) is 0 Å². The molecule has 3 rings (SSSR count). The minimum absolute atomic E-state index is 0.0602. The second kappa shape index (κ2) is 6.12. The van der Waals surface area contributed by atoms with E-state index in [0.29, 0.717) is 0 Å². The molecule has 21 heavy (non-hydrogen) atoms. The number of aromatic nitrogens is 2. The number of hydrogen-bond donors (Lipinski definition) is 1. The number of para-hydroxylation sites is 1. The Balaban J connectivity index is 2.03. The van der Waals surface area contributed by atoms with Crippen molar-refractivity contribution in [3.8, 4) is 5.69 Å². The van der Waals surface area contributed by atoms with E-state index in [4.69, 9.17) is 11.6 Å². The fraction of sp³-hybridized carbons (Fsp3) is 0.118. The lowest BCUT2D eigenvalue weighted by molar-refractivity contribution is 0.637. The van der Waals surface area contributed by atoms with Gasteiger partial charge in [-0.15, -0.1) is 0 Å². The minimum Gasteiger partial charge on any atom is -0.308 e. The fourth-order valence-electron chi connectivity index (χ4n) is 2.46. The van der Waals surface area contributed by atoms with E-state index in [-0.39, 0.29) is 6.04 Å². The highest BCUT2D eigenvalue weighted by molar-refractivity contribution is 6.30. The van der Waals surface area contributed by atoms with Gasteiger partial charge >= 0.3 is 0 Å². The van der Waals surface area contributed by atoms with Gasteiger partial charge in [-0.25, -0.2) is 4.68 Å². The molecule has 0 saturated carbocycles. The van der Waals surface area contributed by atoms with Gasteiger partial charge in [0.2, 0.25) is 0 Å². The van der Waals surface area contributed by atoms with Crippen LogP contribution in [0.3, 0.4) is 0 Å². The van der Waals surface area contributed by atoms with Crippen LogP contribution in [0, 0.1) is 0 Å². The Hall–Kier alpha value is -2.10. The topological polar surface area (TPSA) is 29.9 Å². The number of benzene rings is 2. The van der Waals surface area contributed by atoms with E-state index < -0.39 is 0 Å². The largest absolute Gasteiger partial charge is 0.308 e. The Morgan fingerprint density at radius 2 is 1.71 bits per heavy atom. The van der Waals surface area contributed by atoms with Crippen LogP contribution in [0.15, 0.2) is 66.9 Å². The van der Waals surface area contributed by atoms with E-state index in [9.17, 15) is 0 Å². The summed E-state index contributed by atoms with van der Waals surface area (Å²) in [6, 6.07) is 20.1. The zero-order chi connectivity index (χ0) is 14.7. The molecule has 0 bridgehead atoms. The fourth-order valence-corrected chi connectivity index (χ4v) is 2.58. The van der Waals surface area contributed by atoms with E-state index in [1.165, 1.54) is 0 Å². The number of nitrogens with one attached hydrogen (secondary N) is 1. The molecule has 2 aromatic carbocycles. The van der Waals surface area contributed by atoms with Gasteiger partial charge in [0.15, 0.2) is 0 Å². The van der Waals surface area contributed by atoms with Crippen molar-refractivity contribution in [2.75, 3.05) is 7.05 Å². The van der Waals surface area contributed by atoms with Gasteiger partial charge in [-0.3, -0.25) is 0 Å². The monoisotopic (exact) mass is 297 g/mol. The van der Waals surface area contributed by atoms with E-state index >= 15 is 0 Å². The first-order chi connectivity index (χ1) is 10.3. The summed E-state index contributed by atoms with van der Waals surface area (Å²) < 4.78 is 1.95. The highest BCUT2D eigenvalue weighted by Crippen LogP contribution is 2.24. The molecule has 1 unspecified atom stereocenters. The maximum atomic E-state index is 5.97. The van der Waals surface area contributed by atoms with E-state index in [0.717, 1.165) is 22.0 Å². The van der Waals surface area contributed by atoms with E-state index in [2.05, 4.69) is 10.4 Å². The molecule has 0 saturated heterocycles. The predicted octanol–water partition coefficient (Wildman–Crippen LogP) is 3.83. The molecule has 1 N–H and O–H groups in total. The number of nitrogens with zero attached hydrogens (tertiary/aromatic N) is 2. The standard InChI is InChI=1S/C17H16ClN3/c1-19-17(13-7-9-14(18)10-8-13)16-11-12-20-21(16)15-5-3-2-4-6-15/h2-12,17,19H,1H3. The Kier molecular flexibility index (Phi) is 4.04. The van der Waals surface area contributed by atoms with Gasteiger partial charge in [-0.05, 0) is 42.9 Å². The van der Waals surface area contributed by atoms with Crippen molar-refractivity contribution in [2.24, 2.45) is 0 Å². The quantitative estimate of drug-likeness (QED) is 0.793. The molecule has 106 valence electrons. The van der Waals surface area contributed by atoms with Crippen molar-refractivity contribution in [3.05, 3.63) is 83.1 Å². The molecule has 1 heterocycles. The SMILES string of the molecule is CNC(c1ccc(Cl)cc1)c1ccnn1-c1ccccc1. The van der Waals surface area contributed by atoms with E-state index in [1.54, 1.807) is 0 Å². The minimum atomic E-state index is 0.0602. The number of halogens is 1. The van der Waals surface area contributed by atoms with Gasteiger partial charge < -0.3 is 5.32 Å². The molecule has 0 aliphatic rings. The average Bonchev–Trinajstić information content (AvgIpc) is 3.00. The first-order valence-corrected chi connectivity index (χ1v) is 7.19. The van der Waals surface area contributed by atoms with Crippen LogP contribution in [-0.4, -0.2) is 16.8 Å². The van der Waals surface area contributed by atoms with Crippen molar-refractivity contribution < 1.29 is 0 Å². The summed E-state index contributed by atoms with van der Waals surface area (Å²) >= 11 is 5.97. The van der Waals surface area contributed by atoms with Gasteiger partial charge in [0, 0.05) is 11.2 Å². The van der Waals surface area contributed by atoms with Gasteiger partial charge in [-0.1, -0.05) is 41.9 Å². The first kappa shape index (κ1) is 13.9. The van der Waals surface area contributed by atoms with Crippen LogP contribution in [0.1, 0.15) is 17.3 Å². The predicted molar refractivity (Wildman–Crippen MR) is 85.9 cm³/mol. The molecule has 0 fully saturated rings. The summed E-state index contributed by atoms with van der Waals surface area (Å²) in [5.41, 5.74) is 3.29. The Morgan fingerprint density at radius 1 is 1.00 bits per heavy atom. The van der Waals surface area contributed by atoms with Crippen LogP contribution in [0.25, 0.3) is 5.69 Å². The highest BCUT2D eigenvalue weighted by atomic mass is 35.5. The van der Waals surface area contributed by atoms with Crippen molar-refractivity contribution >= 4 is 11.6 Å². The van der Waals surface area contributed by atoms with E-state index in [1.807, 2.05) is 78.6 Å². The normalized spacial score (nSPS) is 12.3. The Bertz CT molecular complexity index is 704. The van der Waals surface area contributed by atoms with Gasteiger partial charge in [0.25, 0.3) is 0 Å². The highest BCUT2D eigenvalue weighted by Gasteiger charge is 2.17. The zero-order valence-corrected chi connectivity index (χ0v) is 12.5. The van der Waals surface area contributed by atoms with Crippen LogP contribution in [0.5, 0.6) is 0 Å². The molecule has 0 radical (unpaired) electrons. The smallest absolute Gasteiger partial charge is 0.0750 e. The molecule has 0 amide bonds. The molecule has 0 aliphatic carbocycles. The van der Waals surface area contributed by atoms with Gasteiger partial charge in [0.05, 0.1) is 17.4 Å². The maximum Gasteiger partial charge on any atom is 0.0750 e. The van der Waals surface area contributed by atoms with Gasteiger partial charge in [0.1, 0.15) is 0 Å². The molecule has 1 atom stereocenters. The van der Waals surface area contributed by atoms with Crippen molar-refractivity contribution in [1.82, 2.24) is 15.1 Å². The van der Waals surface area contributed by atoms with Crippen molar-refractivity contribution in [3.63, 3.8) is 0 Å². The first-order valence-electron chi connectivity index (χ1n) is 6.81. The Morgan fingerprint density at radius 3 is 2.38 bits per heavy atom. The summed E-state index contributed by atoms with van der Waals surface area (Å²) in [5.74, 6) is 0. The van der Waals surface area contributed by atoms with Crippen LogP contribution >= 0.6 is 11.6 Å². The molecule has 1 aromatic heterocycles. The summed E-state index contributed by atoms with van der Waals surface area (Å²) in [6.07, 6.45) is 1.82. The molecule has 3 aromatic rings. The third-order valence-electron chi connectivity index (χ3n) is 3.46. The molecule has 3 nitrogen and oxygen atoms in total. The molecular formula is C17H16ClN3. The van der Waals surface area contributed by atoms with Crippen molar-refractivity contribution in [2.45, 2.75) is 6.04 Å². The summed E-state index contributed by atoms with van der Waals surface area (Å²) in [5, 5.41) is 8.54. The lowest BCUT2D eigenvalue weighted by Gasteiger charge is -2.18. The van der Waals surface area contributed by atoms with Crippen LogP contribution in [0.4, 0.5) is 0 Å². The van der Waals surface area contributed by atoms with Crippen LogP contribution < -0.4 is 5.32 Å². The molecular weight excluding hydrogens is 282 g/mol. The average molecular weight is 298 g/mol. The number of rotatable bonds is 4. The van der Waals surface area contributed by atoms with Crippen molar-refractivity contribution in [1.29, 1.82) is 0 Å². The van der Waals surface area contributed by atoms with Gasteiger partial charge in [-0.2, -0.15) is 5.10 Å². The zero-order valence-electron chi connectivity index (χ0n) is 11.7. The lowest BCUT2D eigenvalue weighted by atomic mass is 10.0. The third kappa shape index (κ3) is 2.84. The molecule has 4 heteroatoms. The second-order valence-electron chi connectivity index (χ2n) is 4.78. The number of hydrogen-bond acceptors (Lipinski definition) is 2. The van der Waals surface area contributed by atoms with Crippen LogP contribution in [0.2, 0.25) is 5.02 Å². The summed E-state index contributed by atoms with van der Waals surface area (Å²) in [4.78, 5) is 0.